The molecule has 0 saturated carbocycles. The number of aromatic nitrogens is 1. The molecule has 2 heterocycles. The van der Waals surface area contributed by atoms with Crippen LogP contribution in [0, 0.1) is 22.5 Å². The molecule has 14 heteroatoms. The van der Waals surface area contributed by atoms with Crippen molar-refractivity contribution in [2.24, 2.45) is 0 Å². The van der Waals surface area contributed by atoms with Gasteiger partial charge in [-0.15, -0.1) is 0 Å². The fourth-order valence-electron chi connectivity index (χ4n) is 4.33. The number of amides is 2. The van der Waals surface area contributed by atoms with Gasteiger partial charge in [0.2, 0.25) is 11.8 Å². The Bertz CT molecular complexity index is 1300. The summed E-state index contributed by atoms with van der Waals surface area (Å²) >= 11 is 0.573. The van der Waals surface area contributed by atoms with E-state index in [2.05, 4.69) is 15.0 Å². The lowest BCUT2D eigenvalue weighted by atomic mass is 9.94. The summed E-state index contributed by atoms with van der Waals surface area (Å²) in [6, 6.07) is 2.95. The number of likely N-dealkylation sites (tertiary alicyclic amines) is 1. The monoisotopic (exact) mass is 580 g/mol. The lowest BCUT2D eigenvalue weighted by molar-refractivity contribution is -0.120. The molecule has 0 unspecified atom stereocenters. The van der Waals surface area contributed by atoms with Crippen molar-refractivity contribution in [1.29, 1.82) is 10.8 Å². The minimum absolute atomic E-state index is 0.0569. The summed E-state index contributed by atoms with van der Waals surface area (Å²) in [5.74, 6) is -3.07. The summed E-state index contributed by atoms with van der Waals surface area (Å²) in [6.07, 6.45) is 2.54. The third-order valence-corrected chi connectivity index (χ3v) is 7.24. The Balaban J connectivity index is 0.00000178. The Hall–Kier alpha value is -3.62. The molecule has 0 aliphatic carbocycles. The van der Waals surface area contributed by atoms with Gasteiger partial charge in [0.1, 0.15) is 16.7 Å². The van der Waals surface area contributed by atoms with Crippen LogP contribution < -0.4 is 10.7 Å². The van der Waals surface area contributed by atoms with Crippen LogP contribution in [-0.2, 0) is 16.0 Å². The molecule has 1 aliphatic rings. The first-order valence-electron chi connectivity index (χ1n) is 12.3. The van der Waals surface area contributed by atoms with Crippen molar-refractivity contribution in [3.63, 3.8) is 0 Å². The number of carbonyl (C=O) groups excluding carboxylic acids is 2. The van der Waals surface area contributed by atoms with Crippen LogP contribution in [-0.4, -0.2) is 88.9 Å². The fourth-order valence-corrected chi connectivity index (χ4v) is 5.07. The number of ether oxygens (including phenoxy) is 1. The molecule has 1 aliphatic heterocycles. The van der Waals surface area contributed by atoms with Gasteiger partial charge in [0, 0.05) is 65.4 Å². The summed E-state index contributed by atoms with van der Waals surface area (Å²) < 4.78 is 31.2. The molecule has 218 valence electrons. The second-order valence-electron chi connectivity index (χ2n) is 8.90. The number of rotatable bonds is 8. The lowest BCUT2D eigenvalue weighted by Crippen LogP contribution is -2.64. The van der Waals surface area contributed by atoms with E-state index in [4.69, 9.17) is 10.8 Å². The first-order chi connectivity index (χ1) is 19.0. The van der Waals surface area contributed by atoms with E-state index in [0.29, 0.717) is 43.8 Å². The number of pyridine rings is 1. The highest BCUT2D eigenvalue weighted by Crippen LogP contribution is 2.28. The van der Waals surface area contributed by atoms with Crippen LogP contribution in [0.5, 0.6) is 5.75 Å². The van der Waals surface area contributed by atoms with Gasteiger partial charge in [-0.2, -0.15) is 0 Å². The zero-order chi connectivity index (χ0) is 30.0. The molecule has 1 aromatic carbocycles. The predicted octanol–water partition coefficient (Wildman–Crippen LogP) is 2.53. The SMILES string of the molecule is CCN(C(=O)c1[nH]cc(C(=N)SC(=N)Cc2ccc(F)cc2F)c(=O)c1O)C1(NC)CCN(C=O)CC1.COC. The number of carbonyl (C=O) groups is 2. The molecule has 11 nitrogen and oxygen atoms in total. The normalized spacial score (nSPS) is 14.1. The zero-order valence-corrected chi connectivity index (χ0v) is 23.6. The average molecular weight is 581 g/mol. The standard InChI is InChI=1S/C24H28F2N6O4S.C2H6O/c1-3-32(24(29-2)6-8-31(13-33)9-7-24)23(36)19-21(35)20(34)16(12-30-19)22(28)37-18(27)10-14-4-5-15(25)11-17(14)26;1-3-2/h4-5,11-13,27-29,35H,3,6-10H2,1-2H3,(H,30,34);1-2H3. The number of H-pyrrole nitrogens is 1. The van der Waals surface area contributed by atoms with Crippen LogP contribution in [0.1, 0.15) is 41.4 Å². The molecule has 2 aromatic rings. The highest BCUT2D eigenvalue weighted by atomic mass is 32.2. The van der Waals surface area contributed by atoms with Gasteiger partial charge < -0.3 is 24.6 Å². The molecule has 40 heavy (non-hydrogen) atoms. The molecule has 0 atom stereocenters. The van der Waals surface area contributed by atoms with Gasteiger partial charge in [-0.1, -0.05) is 17.8 Å². The quantitative estimate of drug-likeness (QED) is 0.139. The Morgan fingerprint density at radius 1 is 1.30 bits per heavy atom. The van der Waals surface area contributed by atoms with Gasteiger partial charge in [-0.25, -0.2) is 8.78 Å². The largest absolute Gasteiger partial charge is 0.503 e. The van der Waals surface area contributed by atoms with Gasteiger partial charge in [0.25, 0.3) is 5.91 Å². The first-order valence-corrected chi connectivity index (χ1v) is 13.1. The zero-order valence-electron chi connectivity index (χ0n) is 22.8. The molecule has 1 fully saturated rings. The van der Waals surface area contributed by atoms with Crippen LogP contribution in [0.2, 0.25) is 0 Å². The molecule has 5 N–H and O–H groups in total. The number of nitrogens with zero attached hydrogens (tertiary/aromatic N) is 2. The van der Waals surface area contributed by atoms with E-state index < -0.39 is 34.4 Å². The minimum Gasteiger partial charge on any atom is -0.503 e. The summed E-state index contributed by atoms with van der Waals surface area (Å²) in [5.41, 5.74) is -2.31. The van der Waals surface area contributed by atoms with Crippen LogP contribution in [0.25, 0.3) is 0 Å². The summed E-state index contributed by atoms with van der Waals surface area (Å²) in [5, 5.41) is 29.4. The number of thioether (sulfide) groups is 1. The first kappa shape index (κ1) is 32.6. The van der Waals surface area contributed by atoms with Crippen molar-refractivity contribution in [3.8, 4) is 5.75 Å². The molecule has 1 aromatic heterocycles. The average Bonchev–Trinajstić information content (AvgIpc) is 2.92. The number of aromatic amines is 1. The molecule has 1 saturated heterocycles. The third kappa shape index (κ3) is 7.52. The van der Waals surface area contributed by atoms with Gasteiger partial charge >= 0.3 is 0 Å². The van der Waals surface area contributed by atoms with Crippen molar-refractivity contribution < 1.29 is 28.2 Å². The van der Waals surface area contributed by atoms with Crippen molar-refractivity contribution in [3.05, 3.63) is 63.1 Å². The van der Waals surface area contributed by atoms with E-state index >= 15 is 0 Å². The number of hydrogen-bond acceptors (Lipinski definition) is 9. The number of piperidine rings is 1. The van der Waals surface area contributed by atoms with Crippen molar-refractivity contribution in [1.82, 2.24) is 20.1 Å². The van der Waals surface area contributed by atoms with Crippen LogP contribution in [0.3, 0.4) is 0 Å². The molecule has 3 rings (SSSR count). The Morgan fingerprint density at radius 2 is 1.93 bits per heavy atom. The maximum Gasteiger partial charge on any atom is 0.275 e. The van der Waals surface area contributed by atoms with E-state index in [9.17, 15) is 28.3 Å². The summed E-state index contributed by atoms with van der Waals surface area (Å²) in [7, 11) is 4.95. The van der Waals surface area contributed by atoms with Crippen molar-refractivity contribution in [2.45, 2.75) is 31.8 Å². The van der Waals surface area contributed by atoms with E-state index in [0.717, 1.165) is 18.7 Å². The molecular weight excluding hydrogens is 546 g/mol. The number of nitrogens with one attached hydrogen (secondary N) is 4. The van der Waals surface area contributed by atoms with Crippen LogP contribution in [0.15, 0.2) is 29.2 Å². The Morgan fingerprint density at radius 3 is 2.45 bits per heavy atom. The van der Waals surface area contributed by atoms with Crippen LogP contribution in [0.4, 0.5) is 8.78 Å². The lowest BCUT2D eigenvalue weighted by Gasteiger charge is -2.47. The number of aromatic hydroxyl groups is 1. The van der Waals surface area contributed by atoms with Crippen molar-refractivity contribution in [2.75, 3.05) is 40.9 Å². The number of methoxy groups -OCH3 is 1. The summed E-state index contributed by atoms with van der Waals surface area (Å²) in [4.78, 5) is 43.1. The third-order valence-electron chi connectivity index (χ3n) is 6.42. The topological polar surface area (TPSA) is 163 Å². The Kier molecular flexibility index (Phi) is 12.0. The molecular formula is C26H34F2N6O5S. The molecule has 0 bridgehead atoms. The van der Waals surface area contributed by atoms with Gasteiger partial charge in [-0.05, 0) is 25.6 Å². The molecule has 0 radical (unpaired) electrons. The number of halogens is 2. The number of benzene rings is 1. The van der Waals surface area contributed by atoms with Crippen molar-refractivity contribution >= 4 is 34.2 Å². The highest BCUT2D eigenvalue weighted by Gasteiger charge is 2.41. The fraction of sp³-hybridized carbons (Fsp3) is 0.423. The second kappa shape index (κ2) is 14.7. The summed E-state index contributed by atoms with van der Waals surface area (Å²) in [6.45, 7) is 2.87. The molecule has 0 spiro atoms. The predicted molar refractivity (Wildman–Crippen MR) is 149 cm³/mol. The minimum atomic E-state index is -0.967. The van der Waals surface area contributed by atoms with Gasteiger partial charge in [0.05, 0.1) is 16.3 Å². The van der Waals surface area contributed by atoms with Gasteiger partial charge in [0.15, 0.2) is 11.4 Å². The smallest absolute Gasteiger partial charge is 0.275 e. The maximum absolute atomic E-state index is 13.9. The number of hydrogen-bond donors (Lipinski definition) is 5. The maximum atomic E-state index is 13.9. The van der Waals surface area contributed by atoms with Crippen LogP contribution >= 0.6 is 11.8 Å². The molecule has 2 amide bonds. The van der Waals surface area contributed by atoms with E-state index in [1.807, 2.05) is 0 Å². The van der Waals surface area contributed by atoms with E-state index in [-0.39, 0.29) is 39.9 Å². The van der Waals surface area contributed by atoms with Gasteiger partial charge in [-0.3, -0.25) is 30.5 Å². The van der Waals surface area contributed by atoms with E-state index in [1.54, 1.807) is 33.1 Å². The van der Waals surface area contributed by atoms with E-state index in [1.165, 1.54) is 11.0 Å². The highest BCUT2D eigenvalue weighted by molar-refractivity contribution is 8.26. The second-order valence-corrected chi connectivity index (χ2v) is 10.0. The Labute approximate surface area is 234 Å².